The van der Waals surface area contributed by atoms with Gasteiger partial charge in [0.05, 0.1) is 20.6 Å². The van der Waals surface area contributed by atoms with E-state index in [0.29, 0.717) is 20.9 Å². The zero-order valence-electron chi connectivity index (χ0n) is 11.6. The number of nitrogens with zero attached hydrogens (tertiary/aromatic N) is 1. The Labute approximate surface area is 146 Å². The Kier molecular flexibility index (Phi) is 4.15. The van der Waals surface area contributed by atoms with Crippen molar-refractivity contribution in [2.75, 3.05) is 0 Å². The second kappa shape index (κ2) is 5.96. The summed E-state index contributed by atoms with van der Waals surface area (Å²) in [7, 11) is 0. The summed E-state index contributed by atoms with van der Waals surface area (Å²) < 4.78 is 1.60. The number of halogens is 3. The number of aromatic carboxylic acids is 1. The minimum absolute atomic E-state index is 0.0681. The van der Waals surface area contributed by atoms with Crippen LogP contribution in [-0.4, -0.2) is 20.7 Å². The number of benzene rings is 2. The number of aromatic hydroxyl groups is 1. The molecule has 2 N–H and O–H groups in total. The van der Waals surface area contributed by atoms with E-state index in [9.17, 15) is 15.0 Å². The summed E-state index contributed by atoms with van der Waals surface area (Å²) >= 11 is 18.0. The Hall–Kier alpha value is -1.88. The van der Waals surface area contributed by atoms with E-state index in [2.05, 4.69) is 0 Å². The topological polar surface area (TPSA) is 62.5 Å². The lowest BCUT2D eigenvalue weighted by atomic mass is 10.2. The zero-order valence-corrected chi connectivity index (χ0v) is 13.8. The van der Waals surface area contributed by atoms with E-state index in [1.165, 1.54) is 12.1 Å². The first-order valence-corrected chi connectivity index (χ1v) is 7.70. The Morgan fingerprint density at radius 3 is 2.43 bits per heavy atom. The third-order valence-corrected chi connectivity index (χ3v) is 4.68. The molecule has 3 aromatic rings. The highest BCUT2D eigenvalue weighted by atomic mass is 35.5. The van der Waals surface area contributed by atoms with Crippen LogP contribution in [-0.2, 0) is 6.54 Å². The fourth-order valence-corrected chi connectivity index (χ4v) is 2.99. The number of carbonyl (C=O) groups is 1. The summed E-state index contributed by atoms with van der Waals surface area (Å²) in [6.07, 6.45) is 0. The lowest BCUT2D eigenvalue weighted by Gasteiger charge is -2.10. The maximum atomic E-state index is 11.5. The number of phenolic OH excluding ortho intramolecular Hbond substituents is 1. The van der Waals surface area contributed by atoms with E-state index < -0.39 is 5.97 Å². The fraction of sp³-hybridized carbons (Fsp3) is 0.0625. The van der Waals surface area contributed by atoms with Crippen molar-refractivity contribution in [3.05, 3.63) is 62.7 Å². The third kappa shape index (κ3) is 2.85. The largest absolute Gasteiger partial charge is 0.506 e. The van der Waals surface area contributed by atoms with Gasteiger partial charge in [0, 0.05) is 11.9 Å². The third-order valence-electron chi connectivity index (χ3n) is 3.54. The summed E-state index contributed by atoms with van der Waals surface area (Å²) in [5, 5.41) is 20.5. The molecule has 0 aliphatic heterocycles. The first kappa shape index (κ1) is 16.0. The molecule has 0 saturated carbocycles. The van der Waals surface area contributed by atoms with Crippen LogP contribution in [0.2, 0.25) is 15.1 Å². The monoisotopic (exact) mass is 369 g/mol. The highest BCUT2D eigenvalue weighted by molar-refractivity contribution is 6.42. The highest BCUT2D eigenvalue weighted by Crippen LogP contribution is 2.34. The molecule has 0 unspecified atom stereocenters. The van der Waals surface area contributed by atoms with E-state index in [1.54, 1.807) is 28.8 Å². The van der Waals surface area contributed by atoms with Gasteiger partial charge < -0.3 is 14.8 Å². The summed E-state index contributed by atoms with van der Waals surface area (Å²) in [6.45, 7) is 0.281. The Morgan fingerprint density at radius 2 is 1.78 bits per heavy atom. The average Bonchev–Trinajstić information content (AvgIpc) is 2.86. The summed E-state index contributed by atoms with van der Waals surface area (Å²) in [5.41, 5.74) is 1.47. The Balaban J connectivity index is 2.18. The second-order valence-electron chi connectivity index (χ2n) is 5.00. The molecule has 118 valence electrons. The molecule has 0 spiro atoms. The maximum Gasteiger partial charge on any atom is 0.352 e. The van der Waals surface area contributed by atoms with E-state index >= 15 is 0 Å². The molecule has 0 radical (unpaired) electrons. The number of rotatable bonds is 3. The predicted molar refractivity (Wildman–Crippen MR) is 91.1 cm³/mol. The molecule has 1 aromatic heterocycles. The van der Waals surface area contributed by atoms with Crippen molar-refractivity contribution in [1.82, 2.24) is 4.57 Å². The van der Waals surface area contributed by atoms with Crippen molar-refractivity contribution < 1.29 is 15.0 Å². The van der Waals surface area contributed by atoms with Crippen LogP contribution in [0.3, 0.4) is 0 Å². The van der Waals surface area contributed by atoms with Crippen molar-refractivity contribution in [2.45, 2.75) is 6.54 Å². The van der Waals surface area contributed by atoms with Crippen LogP contribution in [0.4, 0.5) is 0 Å². The lowest BCUT2D eigenvalue weighted by Crippen LogP contribution is -2.09. The fourth-order valence-electron chi connectivity index (χ4n) is 2.46. The highest BCUT2D eigenvalue weighted by Gasteiger charge is 2.18. The number of fused-ring (bicyclic) bond motifs is 1. The van der Waals surface area contributed by atoms with Gasteiger partial charge in [-0.25, -0.2) is 4.79 Å². The molecule has 0 fully saturated rings. The van der Waals surface area contributed by atoms with Gasteiger partial charge in [0.1, 0.15) is 11.4 Å². The van der Waals surface area contributed by atoms with Crippen LogP contribution in [0.1, 0.15) is 16.1 Å². The normalized spacial score (nSPS) is 11.1. The number of hydrogen-bond acceptors (Lipinski definition) is 2. The molecule has 2 aromatic carbocycles. The lowest BCUT2D eigenvalue weighted by molar-refractivity contribution is 0.0686. The van der Waals surface area contributed by atoms with Crippen LogP contribution < -0.4 is 0 Å². The number of carboxylic acid groups (broad SMARTS) is 1. The van der Waals surface area contributed by atoms with Crippen LogP contribution >= 0.6 is 34.8 Å². The average molecular weight is 371 g/mol. The summed E-state index contributed by atoms with van der Waals surface area (Å²) in [5.74, 6) is -1.18. The standard InChI is InChI=1S/C16H10Cl3NO3/c17-10-2-1-8(5-11(10)18)7-20-12-3-4-14(21)15(19)9(12)6-13(20)16(22)23/h1-6,21H,7H2,(H,22,23). The molecule has 0 aliphatic carbocycles. The molecule has 7 heteroatoms. The summed E-state index contributed by atoms with van der Waals surface area (Å²) in [6, 6.07) is 9.61. The molecule has 3 rings (SSSR count). The number of phenols is 1. The molecule has 0 saturated heterocycles. The van der Waals surface area contributed by atoms with Gasteiger partial charge in [0.15, 0.2) is 0 Å². The van der Waals surface area contributed by atoms with Gasteiger partial charge in [-0.2, -0.15) is 0 Å². The number of aromatic nitrogens is 1. The van der Waals surface area contributed by atoms with Gasteiger partial charge in [0.2, 0.25) is 0 Å². The van der Waals surface area contributed by atoms with Crippen molar-refractivity contribution in [1.29, 1.82) is 0 Å². The van der Waals surface area contributed by atoms with Crippen molar-refractivity contribution in [3.8, 4) is 5.75 Å². The van der Waals surface area contributed by atoms with Gasteiger partial charge in [-0.3, -0.25) is 0 Å². The SMILES string of the molecule is O=C(O)c1cc2c(Cl)c(O)ccc2n1Cc1ccc(Cl)c(Cl)c1. The molecule has 23 heavy (non-hydrogen) atoms. The summed E-state index contributed by atoms with van der Waals surface area (Å²) in [4.78, 5) is 11.5. The molecule has 4 nitrogen and oxygen atoms in total. The van der Waals surface area contributed by atoms with E-state index in [4.69, 9.17) is 34.8 Å². The van der Waals surface area contributed by atoms with Gasteiger partial charge >= 0.3 is 5.97 Å². The zero-order chi connectivity index (χ0) is 16.7. The number of carboxylic acids is 1. The Bertz CT molecular complexity index is 934. The maximum absolute atomic E-state index is 11.5. The molecule has 0 bridgehead atoms. The molecule has 0 atom stereocenters. The molecule has 1 heterocycles. The van der Waals surface area contributed by atoms with Crippen LogP contribution in [0.15, 0.2) is 36.4 Å². The smallest absolute Gasteiger partial charge is 0.352 e. The first-order valence-electron chi connectivity index (χ1n) is 6.56. The van der Waals surface area contributed by atoms with Gasteiger partial charge in [-0.15, -0.1) is 0 Å². The second-order valence-corrected chi connectivity index (χ2v) is 6.19. The minimum atomic E-state index is -1.09. The predicted octanol–water partition coefficient (Wildman–Crippen LogP) is 5.05. The van der Waals surface area contributed by atoms with Gasteiger partial charge in [-0.1, -0.05) is 40.9 Å². The van der Waals surface area contributed by atoms with Crippen molar-refractivity contribution in [3.63, 3.8) is 0 Å². The molecular weight excluding hydrogens is 361 g/mol. The van der Waals surface area contributed by atoms with E-state index in [-0.39, 0.29) is 23.0 Å². The van der Waals surface area contributed by atoms with E-state index in [0.717, 1.165) is 5.56 Å². The minimum Gasteiger partial charge on any atom is -0.506 e. The van der Waals surface area contributed by atoms with E-state index in [1.807, 2.05) is 0 Å². The van der Waals surface area contributed by atoms with Crippen LogP contribution in [0.25, 0.3) is 10.9 Å². The van der Waals surface area contributed by atoms with Crippen molar-refractivity contribution >= 4 is 51.7 Å². The van der Waals surface area contributed by atoms with Gasteiger partial charge in [-0.05, 0) is 35.9 Å². The van der Waals surface area contributed by atoms with Gasteiger partial charge in [0.25, 0.3) is 0 Å². The first-order chi connectivity index (χ1) is 10.9. The molecular formula is C16H10Cl3NO3. The number of hydrogen-bond donors (Lipinski definition) is 2. The Morgan fingerprint density at radius 1 is 1.04 bits per heavy atom. The molecule has 0 amide bonds. The quantitative estimate of drug-likeness (QED) is 0.678. The van der Waals surface area contributed by atoms with Crippen molar-refractivity contribution in [2.24, 2.45) is 0 Å². The van der Waals surface area contributed by atoms with Crippen LogP contribution in [0.5, 0.6) is 5.75 Å². The molecule has 0 aliphatic rings. The van der Waals surface area contributed by atoms with Crippen LogP contribution in [0, 0.1) is 0 Å².